The molecule has 0 aliphatic carbocycles. The van der Waals surface area contributed by atoms with Crippen LogP contribution in [0.5, 0.6) is 0 Å². The van der Waals surface area contributed by atoms with Crippen molar-refractivity contribution in [3.63, 3.8) is 0 Å². The van der Waals surface area contributed by atoms with Gasteiger partial charge in [0.15, 0.2) is 0 Å². The van der Waals surface area contributed by atoms with Crippen LogP contribution in [0.1, 0.15) is 124 Å². The molecule has 1 aromatic carbocycles. The second-order valence-electron chi connectivity index (χ2n) is 11.9. The van der Waals surface area contributed by atoms with Gasteiger partial charge in [-0.1, -0.05) is 81.8 Å². The Morgan fingerprint density at radius 3 is 1.58 bits per heavy atom. The third kappa shape index (κ3) is 18.3. The summed E-state index contributed by atoms with van der Waals surface area (Å²) in [5.74, 6) is 0. The van der Waals surface area contributed by atoms with E-state index in [0.717, 1.165) is 25.1 Å². The maximum absolute atomic E-state index is 6.54. The molecule has 0 aliphatic rings. The van der Waals surface area contributed by atoms with Crippen molar-refractivity contribution in [3.05, 3.63) is 30.3 Å². The van der Waals surface area contributed by atoms with Crippen molar-refractivity contribution in [1.29, 1.82) is 0 Å². The fourth-order valence-corrected chi connectivity index (χ4v) is 3.13. The zero-order valence-electron chi connectivity index (χ0n) is 27.5. The third-order valence-electron chi connectivity index (χ3n) is 7.14. The first-order chi connectivity index (χ1) is 15.9. The summed E-state index contributed by atoms with van der Waals surface area (Å²) in [6, 6.07) is 10.6. The summed E-state index contributed by atoms with van der Waals surface area (Å²) in [5.41, 5.74) is 1.54. The van der Waals surface area contributed by atoms with E-state index in [2.05, 4.69) is 94.5 Å². The molecule has 0 fully saturated rings. The molecule has 0 amide bonds. The molecule has 1 radical (unpaired) electrons. The summed E-state index contributed by atoms with van der Waals surface area (Å²) in [6.07, 6.45) is 2.61. The topological polar surface area (TPSA) is 30.5 Å². The summed E-state index contributed by atoms with van der Waals surface area (Å²) in [7, 11) is 1.90. The fraction of sp³-hybridized carbons (Fsp3) is 0.812. The van der Waals surface area contributed by atoms with E-state index in [-0.39, 0.29) is 60.7 Å². The van der Waals surface area contributed by atoms with Gasteiger partial charge in [-0.25, -0.2) is 0 Å². The van der Waals surface area contributed by atoms with E-state index >= 15 is 0 Å². The molecule has 0 saturated carbocycles. The smallest absolute Gasteiger partial charge is 0.0681 e. The predicted octanol–water partition coefficient (Wildman–Crippen LogP) is 10.1. The van der Waals surface area contributed by atoms with Gasteiger partial charge in [0.2, 0.25) is 0 Å². The van der Waals surface area contributed by atoms with E-state index in [9.17, 15) is 0 Å². The van der Waals surface area contributed by atoms with Crippen molar-refractivity contribution in [2.45, 2.75) is 141 Å². The van der Waals surface area contributed by atoms with Crippen molar-refractivity contribution in [2.24, 2.45) is 16.2 Å². The summed E-state index contributed by atoms with van der Waals surface area (Å²) in [4.78, 5) is 0. The Hall–Kier alpha value is 0.0439. The van der Waals surface area contributed by atoms with Gasteiger partial charge in [-0.3, -0.25) is 0 Å². The molecule has 1 atom stereocenters. The Balaban J connectivity index is -0.000000326. The van der Waals surface area contributed by atoms with E-state index in [1.165, 1.54) is 0 Å². The van der Waals surface area contributed by atoms with Crippen molar-refractivity contribution in [1.82, 2.24) is 0 Å². The maximum Gasteiger partial charge on any atom is 0.0681 e. The van der Waals surface area contributed by atoms with Crippen LogP contribution in [0, 0.1) is 22.3 Å². The van der Waals surface area contributed by atoms with Gasteiger partial charge in [-0.15, -0.1) is 12.1 Å². The molecule has 0 aromatic heterocycles. The second-order valence-corrected chi connectivity index (χ2v) is 11.9. The minimum Gasteiger partial charge on any atom is -0.409 e. The number of rotatable bonds is 10. The number of nitrogens with one attached hydrogen (secondary N) is 1. The molecule has 1 aromatic rings. The van der Waals surface area contributed by atoms with Gasteiger partial charge >= 0.3 is 0 Å². The molecule has 213 valence electrons. The molecule has 0 saturated heterocycles. The Labute approximate surface area is 253 Å². The average Bonchev–Trinajstić information content (AvgIpc) is 2.75. The number of ether oxygens (including phenoxy) is 2. The van der Waals surface area contributed by atoms with E-state index in [1.807, 2.05) is 59.0 Å². The molecule has 4 heteroatoms. The fourth-order valence-electron chi connectivity index (χ4n) is 3.13. The molecule has 3 nitrogen and oxygen atoms in total. The number of hydrogen-bond acceptors (Lipinski definition) is 3. The number of anilines is 1. The minimum absolute atomic E-state index is 0. The van der Waals surface area contributed by atoms with Crippen LogP contribution in [0.4, 0.5) is 5.69 Å². The largest absolute Gasteiger partial charge is 0.409 e. The van der Waals surface area contributed by atoms with Crippen LogP contribution in [0.15, 0.2) is 24.3 Å². The SMILES string of the molecule is CC.CC.CC(C)OCCC(C)(C)C(C)(C)OC(C)CC(C)(C)C(C)(C)C.CNc1cc[c-]cc1.[Y]. The molecule has 1 N–H and O–H groups in total. The first kappa shape index (κ1) is 43.1. The predicted molar refractivity (Wildman–Crippen MR) is 159 cm³/mol. The molecule has 0 heterocycles. The van der Waals surface area contributed by atoms with Gasteiger partial charge in [0.05, 0.1) is 17.8 Å². The molecule has 0 aliphatic heterocycles. The van der Waals surface area contributed by atoms with Crippen molar-refractivity contribution in [2.75, 3.05) is 19.0 Å². The quantitative estimate of drug-likeness (QED) is 0.278. The van der Waals surface area contributed by atoms with Gasteiger partial charge in [-0.2, -0.15) is 18.2 Å². The van der Waals surface area contributed by atoms with Crippen LogP contribution in [0.2, 0.25) is 0 Å². The van der Waals surface area contributed by atoms with Gasteiger partial charge in [0.1, 0.15) is 0 Å². The minimum atomic E-state index is -0.180. The molecular formula is C32H64NO2Y-. The third-order valence-corrected chi connectivity index (χ3v) is 7.14. The van der Waals surface area contributed by atoms with E-state index in [0.29, 0.717) is 6.10 Å². The second kappa shape index (κ2) is 20.9. The normalized spacial score (nSPS) is 12.5. The van der Waals surface area contributed by atoms with E-state index in [1.54, 1.807) is 0 Å². The van der Waals surface area contributed by atoms with Crippen LogP contribution in [0.25, 0.3) is 0 Å². The number of benzene rings is 1. The zero-order valence-corrected chi connectivity index (χ0v) is 30.3. The van der Waals surface area contributed by atoms with Crippen LogP contribution < -0.4 is 5.32 Å². The van der Waals surface area contributed by atoms with Crippen molar-refractivity contribution in [3.8, 4) is 0 Å². The molecule has 0 spiro atoms. The Morgan fingerprint density at radius 1 is 0.806 bits per heavy atom. The van der Waals surface area contributed by atoms with Crippen LogP contribution in [-0.2, 0) is 42.2 Å². The Bertz CT molecular complexity index is 604. The van der Waals surface area contributed by atoms with Crippen LogP contribution in [-0.4, -0.2) is 31.5 Å². The monoisotopic (exact) mass is 583 g/mol. The molecule has 36 heavy (non-hydrogen) atoms. The number of hydrogen-bond donors (Lipinski definition) is 1. The van der Waals surface area contributed by atoms with E-state index in [4.69, 9.17) is 9.47 Å². The standard InChI is InChI=1S/C21H44O2.C7H8N.2C2H6.Y/c1-16(2)22-14-13-19(7,8)21(11,12)23-17(3)15-20(9,10)18(4,5)6;1-8-7-5-3-2-4-6-7;2*1-2;/h16-17H,13-15H2,1-12H3;3-6,8H,1H3;2*1-2H3;/q;-1;;;. The summed E-state index contributed by atoms with van der Waals surface area (Å²) in [6.45, 7) is 35.9. The first-order valence-corrected chi connectivity index (χ1v) is 13.9. The average molecular weight is 584 g/mol. The molecule has 1 rings (SSSR count). The van der Waals surface area contributed by atoms with Crippen molar-refractivity contribution >= 4 is 5.69 Å². The van der Waals surface area contributed by atoms with Crippen LogP contribution in [0.3, 0.4) is 0 Å². The first-order valence-electron chi connectivity index (χ1n) is 13.9. The maximum atomic E-state index is 6.54. The zero-order chi connectivity index (χ0) is 28.5. The van der Waals surface area contributed by atoms with Gasteiger partial charge in [-0.05, 0) is 63.7 Å². The van der Waals surface area contributed by atoms with Gasteiger partial charge in [0.25, 0.3) is 0 Å². The summed E-state index contributed by atoms with van der Waals surface area (Å²) in [5, 5.41) is 3.01. The van der Waals surface area contributed by atoms with Gasteiger partial charge in [0, 0.05) is 46.4 Å². The van der Waals surface area contributed by atoms with E-state index < -0.39 is 0 Å². The molecular weight excluding hydrogens is 519 g/mol. The summed E-state index contributed by atoms with van der Waals surface area (Å²) < 4.78 is 12.3. The molecule has 1 unspecified atom stereocenters. The summed E-state index contributed by atoms with van der Waals surface area (Å²) >= 11 is 0. The Kier molecular flexibility index (Phi) is 25.1. The van der Waals surface area contributed by atoms with Crippen LogP contribution >= 0.6 is 0 Å². The van der Waals surface area contributed by atoms with Crippen molar-refractivity contribution < 1.29 is 42.2 Å². The molecule has 0 bridgehead atoms. The van der Waals surface area contributed by atoms with Gasteiger partial charge < -0.3 is 14.8 Å². The Morgan fingerprint density at radius 2 is 1.25 bits per heavy atom.